The number of carbonyl (C=O) groups is 2. The number of amides is 2. The highest BCUT2D eigenvalue weighted by atomic mass is 16.5. The normalized spacial score (nSPS) is 11.0. The lowest BCUT2D eigenvalue weighted by Crippen LogP contribution is -2.23. The SMILES string of the molecule is NC(=O)COc1ccc(/C=C/C(=O)NCCCn2ccc3ccccc32)cc1. The smallest absolute Gasteiger partial charge is 0.255 e. The first-order valence-corrected chi connectivity index (χ1v) is 9.13. The highest BCUT2D eigenvalue weighted by Crippen LogP contribution is 2.15. The molecule has 3 N–H and O–H groups in total. The van der Waals surface area contributed by atoms with Gasteiger partial charge in [0, 0.05) is 30.9 Å². The molecule has 6 heteroatoms. The Labute approximate surface area is 163 Å². The molecule has 3 aromatic rings. The highest BCUT2D eigenvalue weighted by molar-refractivity contribution is 5.91. The number of para-hydroxylation sites is 1. The number of hydrogen-bond donors (Lipinski definition) is 2. The van der Waals surface area contributed by atoms with Gasteiger partial charge in [-0.25, -0.2) is 0 Å². The van der Waals surface area contributed by atoms with Gasteiger partial charge in [-0.2, -0.15) is 0 Å². The monoisotopic (exact) mass is 377 g/mol. The highest BCUT2D eigenvalue weighted by Gasteiger charge is 2.01. The van der Waals surface area contributed by atoms with E-state index in [0.717, 1.165) is 18.5 Å². The van der Waals surface area contributed by atoms with E-state index >= 15 is 0 Å². The fourth-order valence-electron chi connectivity index (χ4n) is 2.86. The molecule has 0 unspecified atom stereocenters. The first-order chi connectivity index (χ1) is 13.6. The average molecular weight is 377 g/mol. The fourth-order valence-corrected chi connectivity index (χ4v) is 2.86. The molecule has 0 aliphatic heterocycles. The molecule has 1 heterocycles. The van der Waals surface area contributed by atoms with Crippen molar-refractivity contribution in [3.05, 3.63) is 72.4 Å². The van der Waals surface area contributed by atoms with E-state index in [1.54, 1.807) is 30.3 Å². The Kier molecular flexibility index (Phi) is 6.46. The molecule has 28 heavy (non-hydrogen) atoms. The minimum Gasteiger partial charge on any atom is -0.484 e. The summed E-state index contributed by atoms with van der Waals surface area (Å²) in [4.78, 5) is 22.6. The molecule has 2 aromatic carbocycles. The van der Waals surface area contributed by atoms with Crippen molar-refractivity contribution in [2.24, 2.45) is 5.73 Å². The molecule has 144 valence electrons. The summed E-state index contributed by atoms with van der Waals surface area (Å²) in [7, 11) is 0. The second kappa shape index (κ2) is 9.41. The molecule has 0 saturated carbocycles. The fraction of sp³-hybridized carbons (Fsp3) is 0.182. The summed E-state index contributed by atoms with van der Waals surface area (Å²) in [6, 6.07) is 17.4. The minimum atomic E-state index is -0.523. The predicted molar refractivity (Wildman–Crippen MR) is 110 cm³/mol. The van der Waals surface area contributed by atoms with Crippen LogP contribution in [0, 0.1) is 0 Å². The Bertz CT molecular complexity index is 974. The number of hydrogen-bond acceptors (Lipinski definition) is 3. The summed E-state index contributed by atoms with van der Waals surface area (Å²) in [6.07, 6.45) is 6.16. The second-order valence-corrected chi connectivity index (χ2v) is 6.37. The van der Waals surface area contributed by atoms with E-state index in [9.17, 15) is 9.59 Å². The molecule has 0 bridgehead atoms. The third kappa shape index (κ3) is 5.48. The molecule has 6 nitrogen and oxygen atoms in total. The topological polar surface area (TPSA) is 86.4 Å². The minimum absolute atomic E-state index is 0.133. The number of fused-ring (bicyclic) bond motifs is 1. The Hall–Kier alpha value is -3.54. The molecule has 0 aliphatic carbocycles. The lowest BCUT2D eigenvalue weighted by atomic mass is 10.2. The molecule has 0 saturated heterocycles. The molecule has 0 spiro atoms. The van der Waals surface area contributed by atoms with E-state index in [1.807, 2.05) is 12.1 Å². The van der Waals surface area contributed by atoms with Crippen LogP contribution in [0.5, 0.6) is 5.75 Å². The van der Waals surface area contributed by atoms with Gasteiger partial charge in [0.25, 0.3) is 5.91 Å². The van der Waals surface area contributed by atoms with Gasteiger partial charge in [0.15, 0.2) is 6.61 Å². The maximum Gasteiger partial charge on any atom is 0.255 e. The van der Waals surface area contributed by atoms with Crippen molar-refractivity contribution in [3.63, 3.8) is 0 Å². The van der Waals surface area contributed by atoms with Gasteiger partial charge >= 0.3 is 0 Å². The van der Waals surface area contributed by atoms with Gasteiger partial charge in [-0.15, -0.1) is 0 Å². The number of aryl methyl sites for hydroxylation is 1. The predicted octanol–water partition coefficient (Wildman–Crippen LogP) is 2.73. The molecule has 0 aliphatic rings. The molecule has 1 aromatic heterocycles. The van der Waals surface area contributed by atoms with Crippen molar-refractivity contribution < 1.29 is 14.3 Å². The van der Waals surface area contributed by atoms with Crippen molar-refractivity contribution in [1.82, 2.24) is 9.88 Å². The van der Waals surface area contributed by atoms with Gasteiger partial charge in [0.1, 0.15) is 5.75 Å². The maximum absolute atomic E-state index is 12.0. The van der Waals surface area contributed by atoms with Crippen LogP contribution in [0.1, 0.15) is 12.0 Å². The summed E-state index contributed by atoms with van der Waals surface area (Å²) in [5, 5.41) is 4.12. The van der Waals surface area contributed by atoms with Crippen molar-refractivity contribution >= 4 is 28.8 Å². The van der Waals surface area contributed by atoms with Crippen LogP contribution < -0.4 is 15.8 Å². The van der Waals surface area contributed by atoms with E-state index in [1.165, 1.54) is 17.0 Å². The standard InChI is InChI=1S/C22H23N3O3/c23-21(26)16-28-19-9-6-17(7-10-19)8-11-22(27)24-13-3-14-25-15-12-18-4-1-2-5-20(18)25/h1-2,4-12,15H,3,13-14,16H2,(H2,23,26)(H,24,27)/b11-8+. The molecule has 0 radical (unpaired) electrons. The number of ether oxygens (including phenoxy) is 1. The molecule has 3 rings (SSSR count). The quantitative estimate of drug-likeness (QED) is 0.444. The van der Waals surface area contributed by atoms with Gasteiger partial charge in [-0.05, 0) is 47.7 Å². The average Bonchev–Trinajstić information content (AvgIpc) is 3.12. The van der Waals surface area contributed by atoms with Crippen LogP contribution in [0.15, 0.2) is 66.9 Å². The van der Waals surface area contributed by atoms with Crippen LogP contribution in [0.2, 0.25) is 0 Å². The number of carbonyl (C=O) groups excluding carboxylic acids is 2. The van der Waals surface area contributed by atoms with Gasteiger partial charge < -0.3 is 20.4 Å². The van der Waals surface area contributed by atoms with Crippen LogP contribution in [0.3, 0.4) is 0 Å². The van der Waals surface area contributed by atoms with Crippen molar-refractivity contribution in [3.8, 4) is 5.75 Å². The van der Waals surface area contributed by atoms with Crippen molar-refractivity contribution in [2.45, 2.75) is 13.0 Å². The zero-order valence-corrected chi connectivity index (χ0v) is 15.5. The van der Waals surface area contributed by atoms with Gasteiger partial charge in [0.05, 0.1) is 0 Å². The largest absolute Gasteiger partial charge is 0.484 e. The first kappa shape index (κ1) is 19.2. The molecular weight excluding hydrogens is 354 g/mol. The lowest BCUT2D eigenvalue weighted by molar-refractivity contribution is -0.120. The van der Waals surface area contributed by atoms with Crippen LogP contribution in [-0.2, 0) is 16.1 Å². The third-order valence-electron chi connectivity index (χ3n) is 4.24. The van der Waals surface area contributed by atoms with Gasteiger partial charge in [0.2, 0.25) is 5.91 Å². The number of primary amides is 1. The summed E-state index contributed by atoms with van der Waals surface area (Å²) in [5.41, 5.74) is 7.10. The first-order valence-electron chi connectivity index (χ1n) is 9.13. The Morgan fingerprint density at radius 2 is 1.86 bits per heavy atom. The Balaban J connectivity index is 1.41. The van der Waals surface area contributed by atoms with Crippen LogP contribution in [0.4, 0.5) is 0 Å². The third-order valence-corrected chi connectivity index (χ3v) is 4.24. The zero-order chi connectivity index (χ0) is 19.8. The number of rotatable bonds is 9. The summed E-state index contributed by atoms with van der Waals surface area (Å²) in [5.74, 6) is -0.102. The maximum atomic E-state index is 12.0. The van der Waals surface area contributed by atoms with Gasteiger partial charge in [-0.3, -0.25) is 9.59 Å². The van der Waals surface area contributed by atoms with E-state index in [0.29, 0.717) is 12.3 Å². The molecular formula is C22H23N3O3. The number of nitrogens with one attached hydrogen (secondary N) is 1. The van der Waals surface area contributed by atoms with Crippen LogP contribution in [0.25, 0.3) is 17.0 Å². The van der Waals surface area contributed by atoms with Crippen LogP contribution >= 0.6 is 0 Å². The number of nitrogens with two attached hydrogens (primary N) is 1. The van der Waals surface area contributed by atoms with E-state index in [4.69, 9.17) is 10.5 Å². The Morgan fingerprint density at radius 1 is 1.07 bits per heavy atom. The Morgan fingerprint density at radius 3 is 2.64 bits per heavy atom. The number of aromatic nitrogens is 1. The number of benzene rings is 2. The summed E-state index contributed by atoms with van der Waals surface area (Å²) in [6.45, 7) is 1.30. The van der Waals surface area contributed by atoms with E-state index in [-0.39, 0.29) is 12.5 Å². The summed E-state index contributed by atoms with van der Waals surface area (Å²) < 4.78 is 7.38. The van der Waals surface area contributed by atoms with E-state index < -0.39 is 5.91 Å². The van der Waals surface area contributed by atoms with Crippen molar-refractivity contribution in [2.75, 3.05) is 13.2 Å². The lowest BCUT2D eigenvalue weighted by Gasteiger charge is -2.06. The van der Waals surface area contributed by atoms with E-state index in [2.05, 4.69) is 34.3 Å². The van der Waals surface area contributed by atoms with Crippen molar-refractivity contribution in [1.29, 1.82) is 0 Å². The van der Waals surface area contributed by atoms with Crippen LogP contribution in [-0.4, -0.2) is 29.5 Å². The molecule has 0 fully saturated rings. The zero-order valence-electron chi connectivity index (χ0n) is 15.5. The molecule has 0 atom stereocenters. The second-order valence-electron chi connectivity index (χ2n) is 6.37. The summed E-state index contributed by atoms with van der Waals surface area (Å²) >= 11 is 0. The number of nitrogens with zero attached hydrogens (tertiary/aromatic N) is 1. The van der Waals surface area contributed by atoms with Gasteiger partial charge in [-0.1, -0.05) is 30.3 Å². The molecule has 2 amide bonds.